The Morgan fingerprint density at radius 1 is 1.17 bits per heavy atom. The molecule has 2 aromatic rings. The van der Waals surface area contributed by atoms with Gasteiger partial charge < -0.3 is 5.32 Å². The molecule has 0 fully saturated rings. The molecule has 1 N–H and O–H groups in total. The van der Waals surface area contributed by atoms with Crippen molar-refractivity contribution in [2.75, 3.05) is 5.32 Å². The molecule has 0 unspecified atom stereocenters. The lowest BCUT2D eigenvalue weighted by molar-refractivity contribution is 0.449. The average Bonchev–Trinajstić information content (AvgIpc) is 2.33. The molecule has 18 heavy (non-hydrogen) atoms. The molecule has 6 heteroatoms. The third-order valence-corrected chi connectivity index (χ3v) is 2.77. The molecule has 2 rings (SSSR count). The summed E-state index contributed by atoms with van der Waals surface area (Å²) in [5, 5.41) is 2.62. The molecule has 0 aliphatic carbocycles. The van der Waals surface area contributed by atoms with Crippen LogP contribution in [0, 0.1) is 24.4 Å². The van der Waals surface area contributed by atoms with Crippen LogP contribution in [0.15, 0.2) is 28.9 Å². The van der Waals surface area contributed by atoms with Gasteiger partial charge in [0.1, 0.15) is 5.82 Å². The lowest BCUT2D eigenvalue weighted by Crippen LogP contribution is -2.01. The quantitative estimate of drug-likeness (QED) is 0.835. The minimum absolute atomic E-state index is 0.160. The van der Waals surface area contributed by atoms with Gasteiger partial charge in [-0.3, -0.25) is 0 Å². The van der Waals surface area contributed by atoms with E-state index in [2.05, 4.69) is 26.2 Å². The fourth-order valence-corrected chi connectivity index (χ4v) is 1.87. The molecule has 0 atom stereocenters. The number of hydrogen-bond acceptors (Lipinski definition) is 2. The van der Waals surface area contributed by atoms with Crippen LogP contribution in [0.25, 0.3) is 0 Å². The molecule has 0 aliphatic heterocycles. The molecule has 2 nitrogen and oxygen atoms in total. The standard InChI is InChI=1S/C12H8BrF3N2/c1-6-4-7(13)5-17-12(6)18-9-3-2-8(14)10(15)11(9)16/h2-5H,1H3,(H,17,18). The van der Waals surface area contributed by atoms with Gasteiger partial charge >= 0.3 is 0 Å². The fourth-order valence-electron chi connectivity index (χ4n) is 1.42. The van der Waals surface area contributed by atoms with Crippen molar-refractivity contribution in [1.29, 1.82) is 0 Å². The number of aromatic nitrogens is 1. The number of halogens is 4. The van der Waals surface area contributed by atoms with Gasteiger partial charge in [0.25, 0.3) is 0 Å². The molecule has 0 amide bonds. The maximum Gasteiger partial charge on any atom is 0.196 e. The zero-order valence-corrected chi connectivity index (χ0v) is 10.9. The van der Waals surface area contributed by atoms with Gasteiger partial charge in [-0.15, -0.1) is 0 Å². The van der Waals surface area contributed by atoms with Crippen molar-refractivity contribution in [1.82, 2.24) is 4.98 Å². The van der Waals surface area contributed by atoms with Crippen molar-refractivity contribution in [3.05, 3.63) is 51.9 Å². The molecule has 0 aliphatic rings. The third kappa shape index (κ3) is 2.48. The van der Waals surface area contributed by atoms with Gasteiger partial charge in [0.2, 0.25) is 0 Å². The Bertz CT molecular complexity index is 602. The van der Waals surface area contributed by atoms with Crippen LogP contribution in [0.5, 0.6) is 0 Å². The number of anilines is 2. The van der Waals surface area contributed by atoms with Gasteiger partial charge in [-0.05, 0) is 46.6 Å². The normalized spacial score (nSPS) is 10.5. The highest BCUT2D eigenvalue weighted by Gasteiger charge is 2.14. The van der Waals surface area contributed by atoms with Crippen LogP contribution in [0.2, 0.25) is 0 Å². The Morgan fingerprint density at radius 3 is 2.56 bits per heavy atom. The molecule has 1 heterocycles. The zero-order chi connectivity index (χ0) is 13.3. The summed E-state index contributed by atoms with van der Waals surface area (Å²) < 4.78 is 40.0. The summed E-state index contributed by atoms with van der Waals surface area (Å²) in [4.78, 5) is 4.03. The van der Waals surface area contributed by atoms with Gasteiger partial charge in [-0.2, -0.15) is 0 Å². The Balaban J connectivity index is 2.37. The topological polar surface area (TPSA) is 24.9 Å². The predicted molar refractivity (Wildman–Crippen MR) is 66.3 cm³/mol. The molecular formula is C12H8BrF3N2. The van der Waals surface area contributed by atoms with E-state index in [9.17, 15) is 13.2 Å². The van der Waals surface area contributed by atoms with E-state index in [4.69, 9.17) is 0 Å². The smallest absolute Gasteiger partial charge is 0.196 e. The SMILES string of the molecule is Cc1cc(Br)cnc1Nc1ccc(F)c(F)c1F. The highest BCUT2D eigenvalue weighted by atomic mass is 79.9. The molecule has 1 aromatic heterocycles. The Kier molecular flexibility index (Phi) is 3.56. The van der Waals surface area contributed by atoms with Gasteiger partial charge in [0.15, 0.2) is 17.5 Å². The second kappa shape index (κ2) is 4.97. The number of pyridine rings is 1. The van der Waals surface area contributed by atoms with Gasteiger partial charge in [0, 0.05) is 10.7 Å². The number of benzene rings is 1. The second-order valence-corrected chi connectivity index (χ2v) is 4.58. The molecule has 1 aromatic carbocycles. The van der Waals surface area contributed by atoms with Crippen LogP contribution in [0.4, 0.5) is 24.7 Å². The molecule has 0 saturated carbocycles. The highest BCUT2D eigenvalue weighted by Crippen LogP contribution is 2.25. The first kappa shape index (κ1) is 12.9. The summed E-state index contributed by atoms with van der Waals surface area (Å²) in [6, 6.07) is 3.75. The van der Waals surface area contributed by atoms with E-state index in [1.807, 2.05) is 0 Å². The van der Waals surface area contributed by atoms with Crippen molar-refractivity contribution in [2.45, 2.75) is 6.92 Å². The number of hydrogen-bond donors (Lipinski definition) is 1. The number of nitrogens with zero attached hydrogens (tertiary/aromatic N) is 1. The summed E-state index contributed by atoms with van der Waals surface area (Å²) >= 11 is 3.24. The molecule has 0 radical (unpaired) electrons. The number of rotatable bonds is 2. The fraction of sp³-hybridized carbons (Fsp3) is 0.0833. The lowest BCUT2D eigenvalue weighted by Gasteiger charge is -2.10. The van der Waals surface area contributed by atoms with Crippen molar-refractivity contribution >= 4 is 27.4 Å². The third-order valence-electron chi connectivity index (χ3n) is 2.33. The first-order chi connectivity index (χ1) is 8.49. The summed E-state index contributed by atoms with van der Waals surface area (Å²) in [6.45, 7) is 1.76. The van der Waals surface area contributed by atoms with Crippen molar-refractivity contribution in [3.63, 3.8) is 0 Å². The van der Waals surface area contributed by atoms with Crippen molar-refractivity contribution < 1.29 is 13.2 Å². The first-order valence-corrected chi connectivity index (χ1v) is 5.81. The van der Waals surface area contributed by atoms with Gasteiger partial charge in [0.05, 0.1) is 5.69 Å². The number of nitrogens with one attached hydrogen (secondary N) is 1. The highest BCUT2D eigenvalue weighted by molar-refractivity contribution is 9.10. The Hall–Kier alpha value is -1.56. The average molecular weight is 317 g/mol. The van der Waals surface area contributed by atoms with Crippen molar-refractivity contribution in [3.8, 4) is 0 Å². The molecule has 0 saturated heterocycles. The van der Waals surface area contributed by atoms with Crippen LogP contribution >= 0.6 is 15.9 Å². The van der Waals surface area contributed by atoms with Gasteiger partial charge in [-0.25, -0.2) is 18.2 Å². The molecule has 0 spiro atoms. The largest absolute Gasteiger partial charge is 0.338 e. The molecular weight excluding hydrogens is 309 g/mol. The summed E-state index contributed by atoms with van der Waals surface area (Å²) in [5.74, 6) is -3.62. The van der Waals surface area contributed by atoms with E-state index in [-0.39, 0.29) is 5.69 Å². The Morgan fingerprint density at radius 2 is 1.89 bits per heavy atom. The van der Waals surface area contributed by atoms with E-state index < -0.39 is 17.5 Å². The van der Waals surface area contributed by atoms with E-state index in [0.29, 0.717) is 5.82 Å². The first-order valence-electron chi connectivity index (χ1n) is 5.01. The summed E-state index contributed by atoms with van der Waals surface area (Å²) in [5.41, 5.74) is 0.584. The predicted octanol–water partition coefficient (Wildman–Crippen LogP) is 4.31. The van der Waals surface area contributed by atoms with E-state index >= 15 is 0 Å². The van der Waals surface area contributed by atoms with Crippen molar-refractivity contribution in [2.24, 2.45) is 0 Å². The summed E-state index contributed by atoms with van der Waals surface area (Å²) in [7, 11) is 0. The maximum atomic E-state index is 13.4. The lowest BCUT2D eigenvalue weighted by atomic mass is 10.2. The zero-order valence-electron chi connectivity index (χ0n) is 9.27. The maximum absolute atomic E-state index is 13.4. The van der Waals surface area contributed by atoms with E-state index in [0.717, 1.165) is 22.2 Å². The Labute approximate surface area is 110 Å². The van der Waals surface area contributed by atoms with Crippen LogP contribution in [0.3, 0.4) is 0 Å². The second-order valence-electron chi connectivity index (χ2n) is 3.67. The van der Waals surface area contributed by atoms with Crippen LogP contribution in [-0.2, 0) is 0 Å². The summed E-state index contributed by atoms with van der Waals surface area (Å²) in [6.07, 6.45) is 1.52. The van der Waals surface area contributed by atoms with E-state index in [1.54, 1.807) is 13.0 Å². The molecule has 0 bridgehead atoms. The number of aryl methyl sites for hydroxylation is 1. The van der Waals surface area contributed by atoms with Crippen LogP contribution in [0.1, 0.15) is 5.56 Å². The van der Waals surface area contributed by atoms with Crippen LogP contribution in [-0.4, -0.2) is 4.98 Å². The minimum Gasteiger partial charge on any atom is -0.338 e. The van der Waals surface area contributed by atoms with E-state index in [1.165, 1.54) is 6.20 Å². The molecule has 94 valence electrons. The monoisotopic (exact) mass is 316 g/mol. The van der Waals surface area contributed by atoms with Gasteiger partial charge in [-0.1, -0.05) is 0 Å². The minimum atomic E-state index is -1.50. The van der Waals surface area contributed by atoms with Crippen LogP contribution < -0.4 is 5.32 Å².